The molecule has 1 saturated heterocycles. The third kappa shape index (κ3) is 5.97. The van der Waals surface area contributed by atoms with Gasteiger partial charge >= 0.3 is 0 Å². The Kier molecular flexibility index (Phi) is 7.88. The molecule has 1 N–H and O–H groups in total. The van der Waals surface area contributed by atoms with Crippen LogP contribution in [0.3, 0.4) is 0 Å². The van der Waals surface area contributed by atoms with Crippen LogP contribution in [-0.4, -0.2) is 47.5 Å². The van der Waals surface area contributed by atoms with Gasteiger partial charge < -0.3 is 9.88 Å². The van der Waals surface area contributed by atoms with Crippen molar-refractivity contribution in [3.05, 3.63) is 95.6 Å². The first-order valence-electron chi connectivity index (χ1n) is 13.2. The van der Waals surface area contributed by atoms with E-state index in [1.165, 1.54) is 30.0 Å². The van der Waals surface area contributed by atoms with Crippen LogP contribution in [0.25, 0.3) is 10.8 Å². The van der Waals surface area contributed by atoms with E-state index in [2.05, 4.69) is 75.8 Å². The summed E-state index contributed by atoms with van der Waals surface area (Å²) in [7, 11) is 1.87. The number of nitrogens with one attached hydrogen (secondary N) is 1. The number of amides is 1. The summed E-state index contributed by atoms with van der Waals surface area (Å²) in [6, 6.07) is 22.4. The normalized spacial score (nSPS) is 14.2. The number of anilines is 1. The van der Waals surface area contributed by atoms with Crippen molar-refractivity contribution in [1.29, 1.82) is 0 Å². The SMILES string of the molecule is C[C@H](c1ncc(C#CC#Cc2ccc3ccccc3c2)[nH]1)c1ccccc1N(C)C(=O)CN1CCCCC1. The van der Waals surface area contributed by atoms with Crippen molar-refractivity contribution < 1.29 is 4.79 Å². The summed E-state index contributed by atoms with van der Waals surface area (Å²) in [6.45, 7) is 4.55. The van der Waals surface area contributed by atoms with Crippen molar-refractivity contribution in [2.75, 3.05) is 31.6 Å². The average Bonchev–Trinajstić information content (AvgIpc) is 3.44. The molecule has 0 radical (unpaired) electrons. The molecule has 1 amide bonds. The van der Waals surface area contributed by atoms with E-state index in [0.29, 0.717) is 12.2 Å². The zero-order valence-electron chi connectivity index (χ0n) is 22.0. The van der Waals surface area contributed by atoms with Gasteiger partial charge in [-0.05, 0) is 78.2 Å². The number of carbonyl (C=O) groups excluding carboxylic acids is 1. The number of hydrogen-bond acceptors (Lipinski definition) is 3. The van der Waals surface area contributed by atoms with Crippen LogP contribution in [-0.2, 0) is 4.79 Å². The molecule has 1 aromatic heterocycles. The lowest BCUT2D eigenvalue weighted by Crippen LogP contribution is -2.41. The lowest BCUT2D eigenvalue weighted by atomic mass is 9.98. The van der Waals surface area contributed by atoms with E-state index in [4.69, 9.17) is 0 Å². The number of aromatic amines is 1. The highest BCUT2D eigenvalue weighted by Gasteiger charge is 2.22. The van der Waals surface area contributed by atoms with E-state index in [-0.39, 0.29) is 11.8 Å². The van der Waals surface area contributed by atoms with Crippen molar-refractivity contribution in [2.24, 2.45) is 0 Å². The summed E-state index contributed by atoms with van der Waals surface area (Å²) in [5.41, 5.74) is 3.61. The molecule has 5 nitrogen and oxygen atoms in total. The molecule has 0 spiro atoms. The first kappa shape index (κ1) is 25.3. The van der Waals surface area contributed by atoms with Gasteiger partial charge in [-0.2, -0.15) is 0 Å². The molecule has 1 atom stereocenters. The lowest BCUT2D eigenvalue weighted by Gasteiger charge is -2.29. The maximum Gasteiger partial charge on any atom is 0.240 e. The number of para-hydroxylation sites is 1. The Morgan fingerprint density at radius 1 is 0.974 bits per heavy atom. The maximum atomic E-state index is 13.1. The molecular weight excluding hydrogens is 468 g/mol. The summed E-state index contributed by atoms with van der Waals surface area (Å²) in [6.07, 6.45) is 5.34. The molecule has 190 valence electrons. The smallest absolute Gasteiger partial charge is 0.240 e. The van der Waals surface area contributed by atoms with Gasteiger partial charge in [0.05, 0.1) is 12.7 Å². The molecule has 5 heteroatoms. The monoisotopic (exact) mass is 500 g/mol. The molecule has 0 aliphatic carbocycles. The fourth-order valence-corrected chi connectivity index (χ4v) is 4.94. The van der Waals surface area contributed by atoms with Gasteiger partial charge in [0, 0.05) is 24.2 Å². The van der Waals surface area contributed by atoms with Gasteiger partial charge in [-0.15, -0.1) is 0 Å². The Hall–Kier alpha value is -4.32. The number of nitrogens with zero attached hydrogens (tertiary/aromatic N) is 3. The second-order valence-corrected chi connectivity index (χ2v) is 9.81. The van der Waals surface area contributed by atoms with Crippen molar-refractivity contribution in [3.63, 3.8) is 0 Å². The molecule has 2 heterocycles. The maximum absolute atomic E-state index is 13.1. The number of hydrogen-bond donors (Lipinski definition) is 1. The van der Waals surface area contributed by atoms with E-state index < -0.39 is 0 Å². The van der Waals surface area contributed by atoms with Crippen molar-refractivity contribution in [2.45, 2.75) is 32.1 Å². The minimum Gasteiger partial charge on any atom is -0.335 e. The van der Waals surface area contributed by atoms with Crippen LogP contribution in [0.5, 0.6) is 0 Å². The van der Waals surface area contributed by atoms with Crippen molar-refractivity contribution in [3.8, 4) is 23.7 Å². The fourth-order valence-electron chi connectivity index (χ4n) is 4.94. The Morgan fingerprint density at radius 2 is 1.71 bits per heavy atom. The first-order valence-corrected chi connectivity index (χ1v) is 13.2. The minimum atomic E-state index is -0.0318. The van der Waals surface area contributed by atoms with Crippen LogP contribution in [0.4, 0.5) is 5.69 Å². The molecule has 0 unspecified atom stereocenters. The number of likely N-dealkylation sites (N-methyl/N-ethyl adjacent to an activating group) is 1. The molecule has 3 aromatic carbocycles. The van der Waals surface area contributed by atoms with Crippen LogP contribution in [0.1, 0.15) is 54.7 Å². The van der Waals surface area contributed by atoms with Crippen LogP contribution in [0.15, 0.2) is 72.9 Å². The van der Waals surface area contributed by atoms with Gasteiger partial charge in [0.25, 0.3) is 0 Å². The Bertz CT molecular complexity index is 1560. The largest absolute Gasteiger partial charge is 0.335 e. The van der Waals surface area contributed by atoms with Gasteiger partial charge in [0.2, 0.25) is 5.91 Å². The summed E-state index contributed by atoms with van der Waals surface area (Å²) in [5.74, 6) is 13.0. The van der Waals surface area contributed by atoms with Gasteiger partial charge in [-0.3, -0.25) is 9.69 Å². The van der Waals surface area contributed by atoms with Crippen LogP contribution in [0, 0.1) is 23.7 Å². The Labute approximate surface area is 224 Å². The summed E-state index contributed by atoms with van der Waals surface area (Å²) in [4.78, 5) is 25.0. The van der Waals surface area contributed by atoms with Gasteiger partial charge in [0.15, 0.2) is 0 Å². The molecule has 4 aromatic rings. The third-order valence-corrected chi connectivity index (χ3v) is 7.17. The van der Waals surface area contributed by atoms with Gasteiger partial charge in [-0.1, -0.05) is 67.8 Å². The molecule has 0 bridgehead atoms. The molecule has 0 saturated carbocycles. The van der Waals surface area contributed by atoms with Crippen LogP contribution < -0.4 is 4.90 Å². The quantitative estimate of drug-likeness (QED) is 0.365. The molecular formula is C33H32N4O. The minimum absolute atomic E-state index is 0.0318. The number of likely N-dealkylation sites (tertiary alicyclic amines) is 1. The van der Waals surface area contributed by atoms with Gasteiger partial charge in [-0.25, -0.2) is 4.98 Å². The van der Waals surface area contributed by atoms with E-state index in [9.17, 15) is 4.79 Å². The third-order valence-electron chi connectivity index (χ3n) is 7.17. The molecule has 1 aliphatic heterocycles. The van der Waals surface area contributed by atoms with E-state index >= 15 is 0 Å². The van der Waals surface area contributed by atoms with E-state index in [1.54, 1.807) is 11.1 Å². The zero-order chi connectivity index (χ0) is 26.3. The van der Waals surface area contributed by atoms with E-state index in [0.717, 1.165) is 35.7 Å². The van der Waals surface area contributed by atoms with Crippen molar-refractivity contribution >= 4 is 22.4 Å². The molecule has 1 fully saturated rings. The summed E-state index contributed by atoms with van der Waals surface area (Å²) < 4.78 is 0. The fraction of sp³-hybridized carbons (Fsp3) is 0.273. The second-order valence-electron chi connectivity index (χ2n) is 9.81. The second kappa shape index (κ2) is 11.8. The molecule has 38 heavy (non-hydrogen) atoms. The number of imidazole rings is 1. The van der Waals surface area contributed by atoms with Crippen molar-refractivity contribution in [1.82, 2.24) is 14.9 Å². The van der Waals surface area contributed by atoms with Crippen LogP contribution in [0.2, 0.25) is 0 Å². The molecule has 5 rings (SSSR count). The number of carbonyl (C=O) groups is 1. The number of benzene rings is 3. The highest BCUT2D eigenvalue weighted by molar-refractivity contribution is 5.95. The predicted molar refractivity (Wildman–Crippen MR) is 154 cm³/mol. The Balaban J connectivity index is 1.28. The zero-order valence-corrected chi connectivity index (χ0v) is 22.0. The Morgan fingerprint density at radius 3 is 2.55 bits per heavy atom. The van der Waals surface area contributed by atoms with Crippen LogP contribution >= 0.6 is 0 Å². The number of rotatable bonds is 5. The predicted octanol–water partition coefficient (Wildman–Crippen LogP) is 5.57. The molecule has 1 aliphatic rings. The van der Waals surface area contributed by atoms with Gasteiger partial charge in [0.1, 0.15) is 11.5 Å². The number of piperidine rings is 1. The number of aromatic nitrogens is 2. The topological polar surface area (TPSA) is 52.2 Å². The lowest BCUT2D eigenvalue weighted by molar-refractivity contribution is -0.119. The number of fused-ring (bicyclic) bond motifs is 1. The van der Waals surface area contributed by atoms with E-state index in [1.807, 2.05) is 43.4 Å². The summed E-state index contributed by atoms with van der Waals surface area (Å²) >= 11 is 0. The standard InChI is InChI=1S/C33H32N4O/c1-25(30-16-8-9-17-31(30)36(2)32(38)24-37-20-10-3-11-21-37)33-34-23-29(35-33)15-7-4-12-26-18-19-27-13-5-6-14-28(27)22-26/h5-6,8-9,13-14,16-19,22-23,25H,3,10-11,20-21,24H2,1-2H3,(H,34,35)/t25-/m0/s1. The average molecular weight is 501 g/mol. The first-order chi connectivity index (χ1) is 18.6. The highest BCUT2D eigenvalue weighted by Crippen LogP contribution is 2.30. The summed E-state index contributed by atoms with van der Waals surface area (Å²) in [5, 5.41) is 2.36. The number of H-pyrrole nitrogens is 1. The highest BCUT2D eigenvalue weighted by atomic mass is 16.2.